The van der Waals surface area contributed by atoms with E-state index in [1.54, 1.807) is 6.92 Å². The summed E-state index contributed by atoms with van der Waals surface area (Å²) < 4.78 is 0. The number of hydrogen-bond acceptors (Lipinski definition) is 3. The first-order valence-corrected chi connectivity index (χ1v) is 6.77. The molecule has 0 unspecified atom stereocenters. The molecule has 20 heavy (non-hydrogen) atoms. The van der Waals surface area contributed by atoms with Crippen LogP contribution in [0.4, 0.5) is 0 Å². The Balaban J connectivity index is 0.00000200. The fourth-order valence-electron chi connectivity index (χ4n) is 2.53. The van der Waals surface area contributed by atoms with Crippen molar-refractivity contribution in [3.8, 4) is 0 Å². The number of aromatic nitrogens is 1. The molecule has 1 aromatic rings. The number of rotatable bonds is 3. The second kappa shape index (κ2) is 6.90. The lowest BCUT2D eigenvalue weighted by Gasteiger charge is -2.33. The number of nitrogens with two attached hydrogens (primary N) is 1. The molecule has 112 valence electrons. The van der Waals surface area contributed by atoms with Crippen LogP contribution >= 0.6 is 12.4 Å². The van der Waals surface area contributed by atoms with E-state index in [0.717, 1.165) is 31.4 Å². The van der Waals surface area contributed by atoms with Gasteiger partial charge >= 0.3 is 0 Å². The van der Waals surface area contributed by atoms with E-state index in [0.29, 0.717) is 6.54 Å². The lowest BCUT2D eigenvalue weighted by Crippen LogP contribution is -2.51. The predicted octanol–water partition coefficient (Wildman–Crippen LogP) is 1.50. The van der Waals surface area contributed by atoms with Gasteiger partial charge in [-0.15, -0.1) is 12.4 Å². The number of pyridine rings is 1. The minimum atomic E-state index is -0.350. The lowest BCUT2D eigenvalue weighted by molar-refractivity contribution is 0.0936. The first-order valence-electron chi connectivity index (χ1n) is 6.77. The van der Waals surface area contributed by atoms with Crippen molar-refractivity contribution in [2.45, 2.75) is 44.6 Å². The number of aryl methyl sites for hydroxylation is 1. The Morgan fingerprint density at radius 2 is 2.05 bits per heavy atom. The van der Waals surface area contributed by atoms with Crippen LogP contribution in [0.2, 0.25) is 0 Å². The first kappa shape index (κ1) is 16.7. The Bertz CT molecular complexity index is 521. The highest BCUT2D eigenvalue weighted by molar-refractivity contribution is 5.93. The Kier molecular flexibility index (Phi) is 5.77. The van der Waals surface area contributed by atoms with Crippen molar-refractivity contribution in [2.24, 2.45) is 5.73 Å². The van der Waals surface area contributed by atoms with E-state index < -0.39 is 0 Å². The molecule has 4 N–H and O–H groups in total. The molecule has 0 aromatic carbocycles. The summed E-state index contributed by atoms with van der Waals surface area (Å²) in [6, 6.07) is 1.42. The van der Waals surface area contributed by atoms with Gasteiger partial charge in [-0.25, -0.2) is 0 Å². The zero-order valence-corrected chi connectivity index (χ0v) is 12.5. The molecule has 1 aromatic heterocycles. The largest absolute Gasteiger partial charge is 0.364 e. The number of carbonyl (C=O) groups is 1. The molecule has 2 rings (SSSR count). The van der Waals surface area contributed by atoms with Gasteiger partial charge in [-0.2, -0.15) is 0 Å². The van der Waals surface area contributed by atoms with Crippen molar-refractivity contribution in [1.29, 1.82) is 0 Å². The van der Waals surface area contributed by atoms with Gasteiger partial charge in [-0.05, 0) is 19.8 Å². The highest BCUT2D eigenvalue weighted by Crippen LogP contribution is 2.25. The van der Waals surface area contributed by atoms with Crippen LogP contribution in [0.25, 0.3) is 0 Å². The van der Waals surface area contributed by atoms with E-state index in [-0.39, 0.29) is 34.8 Å². The highest BCUT2D eigenvalue weighted by atomic mass is 35.5. The summed E-state index contributed by atoms with van der Waals surface area (Å²) in [6.45, 7) is 2.21. The molecule has 6 heteroatoms. The Morgan fingerprint density at radius 1 is 1.40 bits per heavy atom. The maximum Gasteiger partial charge on any atom is 0.256 e. The van der Waals surface area contributed by atoms with Crippen LogP contribution < -0.4 is 16.5 Å². The molecule has 1 fully saturated rings. The number of amides is 1. The second-order valence-corrected chi connectivity index (χ2v) is 5.50. The molecule has 0 spiro atoms. The molecule has 5 nitrogen and oxygen atoms in total. The van der Waals surface area contributed by atoms with Crippen LogP contribution in [0.15, 0.2) is 17.1 Å². The molecule has 1 aliphatic rings. The quantitative estimate of drug-likeness (QED) is 0.790. The molecule has 0 aliphatic heterocycles. The molecule has 0 saturated heterocycles. The maximum absolute atomic E-state index is 12.0. The Labute approximate surface area is 124 Å². The molecular weight excluding hydrogens is 278 g/mol. The Morgan fingerprint density at radius 3 is 2.65 bits per heavy atom. The Hall–Kier alpha value is -1.33. The summed E-state index contributed by atoms with van der Waals surface area (Å²) in [5.41, 5.74) is 6.56. The van der Waals surface area contributed by atoms with Crippen LogP contribution in [0, 0.1) is 6.92 Å². The summed E-state index contributed by atoms with van der Waals surface area (Å²) in [6.07, 6.45) is 6.74. The number of aromatic amines is 1. The van der Waals surface area contributed by atoms with E-state index >= 15 is 0 Å². The fraction of sp³-hybridized carbons (Fsp3) is 0.571. The molecule has 1 saturated carbocycles. The minimum absolute atomic E-state index is 0. The third-order valence-corrected chi connectivity index (χ3v) is 3.75. The maximum atomic E-state index is 12.0. The van der Waals surface area contributed by atoms with E-state index in [9.17, 15) is 9.59 Å². The fourth-order valence-corrected chi connectivity index (χ4v) is 2.53. The van der Waals surface area contributed by atoms with Gasteiger partial charge in [0, 0.05) is 30.0 Å². The number of nitrogens with one attached hydrogen (secondary N) is 2. The van der Waals surface area contributed by atoms with E-state index in [1.807, 2.05) is 0 Å². The smallest absolute Gasteiger partial charge is 0.256 e. The molecule has 0 radical (unpaired) electrons. The third kappa shape index (κ3) is 4.08. The van der Waals surface area contributed by atoms with E-state index in [2.05, 4.69) is 10.3 Å². The topological polar surface area (TPSA) is 88.0 Å². The highest BCUT2D eigenvalue weighted by Gasteiger charge is 2.28. The lowest BCUT2D eigenvalue weighted by atomic mass is 9.82. The number of carbonyl (C=O) groups excluding carboxylic acids is 1. The number of halogens is 1. The second-order valence-electron chi connectivity index (χ2n) is 5.50. The van der Waals surface area contributed by atoms with Crippen molar-refractivity contribution >= 4 is 18.3 Å². The number of H-pyrrole nitrogens is 1. The van der Waals surface area contributed by atoms with Gasteiger partial charge in [-0.3, -0.25) is 9.59 Å². The molecular formula is C14H22ClN3O2. The molecule has 1 amide bonds. The first-order chi connectivity index (χ1) is 9.00. The SMILES string of the molecule is Cc1cc(=O)c(C(=O)NCC2(N)CCCCC2)c[nH]1.Cl. The van der Waals surface area contributed by atoms with Crippen molar-refractivity contribution in [3.63, 3.8) is 0 Å². The molecule has 0 atom stereocenters. The van der Waals surface area contributed by atoms with Gasteiger partial charge in [0.1, 0.15) is 5.56 Å². The molecule has 0 bridgehead atoms. The third-order valence-electron chi connectivity index (χ3n) is 3.75. The normalized spacial score (nSPS) is 17.1. The summed E-state index contributed by atoms with van der Waals surface area (Å²) in [5.74, 6) is -0.350. The van der Waals surface area contributed by atoms with Gasteiger partial charge in [0.2, 0.25) is 0 Å². The van der Waals surface area contributed by atoms with E-state index in [4.69, 9.17) is 5.73 Å². The van der Waals surface area contributed by atoms with Crippen molar-refractivity contribution in [1.82, 2.24) is 10.3 Å². The van der Waals surface area contributed by atoms with Gasteiger partial charge in [0.05, 0.1) is 0 Å². The minimum Gasteiger partial charge on any atom is -0.364 e. The summed E-state index contributed by atoms with van der Waals surface area (Å²) in [4.78, 5) is 26.6. The van der Waals surface area contributed by atoms with Gasteiger partial charge < -0.3 is 16.0 Å². The van der Waals surface area contributed by atoms with Crippen molar-refractivity contribution in [2.75, 3.05) is 6.54 Å². The standard InChI is InChI=1S/C14H21N3O2.ClH/c1-10-7-12(18)11(8-16-10)13(19)17-9-14(15)5-3-2-4-6-14;/h7-8H,2-6,9,15H2,1H3,(H,16,18)(H,17,19);1H. The van der Waals surface area contributed by atoms with Crippen molar-refractivity contribution < 1.29 is 4.79 Å². The summed E-state index contributed by atoms with van der Waals surface area (Å²) in [7, 11) is 0. The van der Waals surface area contributed by atoms with E-state index in [1.165, 1.54) is 18.7 Å². The average Bonchev–Trinajstić information content (AvgIpc) is 2.37. The van der Waals surface area contributed by atoms with Crippen LogP contribution in [-0.4, -0.2) is 23.0 Å². The van der Waals surface area contributed by atoms with Gasteiger partial charge in [-0.1, -0.05) is 19.3 Å². The molecule has 1 aliphatic carbocycles. The summed E-state index contributed by atoms with van der Waals surface area (Å²) in [5, 5.41) is 2.79. The molecule has 1 heterocycles. The van der Waals surface area contributed by atoms with Crippen LogP contribution in [0.1, 0.15) is 48.2 Å². The van der Waals surface area contributed by atoms with Crippen LogP contribution in [0.5, 0.6) is 0 Å². The predicted molar refractivity (Wildman–Crippen MR) is 81.4 cm³/mol. The van der Waals surface area contributed by atoms with Gasteiger partial charge in [0.15, 0.2) is 5.43 Å². The zero-order valence-electron chi connectivity index (χ0n) is 11.7. The van der Waals surface area contributed by atoms with Crippen molar-refractivity contribution in [3.05, 3.63) is 33.7 Å². The van der Waals surface area contributed by atoms with Gasteiger partial charge in [0.25, 0.3) is 5.91 Å². The number of hydrogen-bond donors (Lipinski definition) is 3. The van der Waals surface area contributed by atoms with Crippen LogP contribution in [-0.2, 0) is 0 Å². The summed E-state index contributed by atoms with van der Waals surface area (Å²) >= 11 is 0. The average molecular weight is 300 g/mol. The monoisotopic (exact) mass is 299 g/mol. The zero-order chi connectivity index (χ0) is 13.9. The van der Waals surface area contributed by atoms with Crippen LogP contribution in [0.3, 0.4) is 0 Å².